The van der Waals surface area contributed by atoms with Gasteiger partial charge in [0, 0.05) is 57.8 Å². The Hall–Kier alpha value is -9.54. The van der Waals surface area contributed by atoms with Crippen LogP contribution in [0.4, 0.5) is 0 Å². The fraction of sp³-hybridized carbons (Fsp3) is 0.103. The lowest BCUT2D eigenvalue weighted by molar-refractivity contribution is 0.260. The van der Waals surface area contributed by atoms with Crippen molar-refractivity contribution in [3.63, 3.8) is 0 Å². The zero-order valence-electron chi connectivity index (χ0n) is 42.6. The van der Waals surface area contributed by atoms with Gasteiger partial charge in [0.05, 0.1) is 0 Å². The van der Waals surface area contributed by atoms with Crippen molar-refractivity contribution in [3.8, 4) is 0 Å². The molecule has 3 heteroatoms. The second-order valence-electron chi connectivity index (χ2n) is 27.0. The number of allylic oxidation sites excluding steroid dienone is 25. The van der Waals surface area contributed by atoms with Crippen molar-refractivity contribution in [1.82, 2.24) is 0 Å². The van der Waals surface area contributed by atoms with Crippen LogP contribution in [0.1, 0.15) is 80.5 Å². The number of benzene rings is 11. The van der Waals surface area contributed by atoms with E-state index in [1.54, 1.807) is 0 Å². The first kappa shape index (κ1) is 36.6. The van der Waals surface area contributed by atoms with Crippen molar-refractivity contribution in [2.24, 2.45) is 5.92 Å². The summed E-state index contributed by atoms with van der Waals surface area (Å²) in [5.41, 5.74) is 32.1. The summed E-state index contributed by atoms with van der Waals surface area (Å²) >= 11 is 0. The first-order chi connectivity index (χ1) is 40.0. The van der Waals surface area contributed by atoms with E-state index in [-0.39, 0.29) is 41.3 Å². The number of fused-ring (bicyclic) bond motifs is 3. The van der Waals surface area contributed by atoms with Gasteiger partial charge in [-0.3, -0.25) is 0 Å². The van der Waals surface area contributed by atoms with Gasteiger partial charge in [0.1, 0.15) is 17.6 Å². The molecular weight excluding hydrogens is 985 g/mol. The zero-order chi connectivity index (χ0) is 50.8. The van der Waals surface area contributed by atoms with Crippen LogP contribution in [-0.2, 0) is 0 Å². The van der Waals surface area contributed by atoms with Crippen LogP contribution in [0.5, 0.6) is 0 Å². The van der Waals surface area contributed by atoms with Crippen LogP contribution in [0.3, 0.4) is 0 Å². The summed E-state index contributed by atoms with van der Waals surface area (Å²) in [6.45, 7) is 0. The van der Waals surface area contributed by atoms with Crippen LogP contribution in [-0.4, -0.2) is 21.4 Å². The highest BCUT2D eigenvalue weighted by molar-refractivity contribution is 6.56. The van der Waals surface area contributed by atoms with Gasteiger partial charge in [0.15, 0.2) is 0 Å². The smallest absolute Gasteiger partial charge is 0.127 e. The molecule has 11 aromatic carbocycles. The van der Waals surface area contributed by atoms with Crippen LogP contribution < -0.4 is 15.7 Å². The molecule has 0 aromatic heterocycles. The number of aliphatic hydroxyl groups is 3. The summed E-state index contributed by atoms with van der Waals surface area (Å²) in [5, 5.41) is 72.4. The standard InChI is InChI=1S/C78H32O3/c79-76-35-11-3-9-29-33-15-13-31-27-7-1-5-22-17-24-19-26-20-25-18-23-6-2-8-28-32-14-16-34-30-10-4-12-36-45(30)57-62-49(34)47(32)60-53(40(23)28)42(25)55-43(26)54-41(24)52(39(22)27)59-46(31)48(33)61-56(44(29)35)50-37(76)21-38-51-58(50)66-69(61)67(59)64(54)72-65(55)68(60)70(62)71(73(66)72)63(51)74(57)75(77(36)80)78(38)81/h1-13,15-21,40,44-45,48-49,58,78-81H,14H2. The van der Waals surface area contributed by atoms with Crippen LogP contribution in [0.2, 0.25) is 0 Å². The van der Waals surface area contributed by atoms with E-state index < -0.39 is 6.10 Å². The highest BCUT2D eigenvalue weighted by Crippen LogP contribution is 2.74. The zero-order valence-corrected chi connectivity index (χ0v) is 42.6. The Morgan fingerprint density at radius 3 is 2.10 bits per heavy atom. The first-order valence-electron chi connectivity index (χ1n) is 29.6. The second-order valence-corrected chi connectivity index (χ2v) is 27.0. The summed E-state index contributed by atoms with van der Waals surface area (Å²) in [7, 11) is 0. The van der Waals surface area contributed by atoms with E-state index in [0.717, 1.165) is 33.9 Å². The molecule has 0 spiro atoms. The van der Waals surface area contributed by atoms with Gasteiger partial charge in [-0.2, -0.15) is 0 Å². The minimum atomic E-state index is -1.11. The molecule has 28 rings (SSSR count). The Kier molecular flexibility index (Phi) is 4.61. The Balaban J connectivity index is 1.06. The second kappa shape index (κ2) is 10.2. The van der Waals surface area contributed by atoms with Crippen molar-refractivity contribution in [1.29, 1.82) is 0 Å². The lowest BCUT2D eigenvalue weighted by Gasteiger charge is -2.54. The number of hydrogen-bond donors (Lipinski definition) is 3. The molecule has 0 saturated heterocycles. The van der Waals surface area contributed by atoms with E-state index >= 15 is 0 Å². The average Bonchev–Trinajstić information content (AvgIpc) is 0.883. The average molecular weight is 1020 g/mol. The largest absolute Gasteiger partial charge is 0.507 e. The molecule has 7 atom stereocenters. The maximum absolute atomic E-state index is 13.8. The van der Waals surface area contributed by atoms with Crippen LogP contribution in [0.25, 0.3) is 142 Å². The van der Waals surface area contributed by atoms with Gasteiger partial charge in [0.2, 0.25) is 0 Å². The molecule has 17 aliphatic carbocycles. The summed E-state index contributed by atoms with van der Waals surface area (Å²) < 4.78 is 0. The molecule has 7 unspecified atom stereocenters. The Labute approximate surface area is 456 Å². The third kappa shape index (κ3) is 2.92. The van der Waals surface area contributed by atoms with Gasteiger partial charge >= 0.3 is 0 Å². The van der Waals surface area contributed by atoms with Crippen molar-refractivity contribution in [2.75, 3.05) is 0 Å². The third-order valence-electron chi connectivity index (χ3n) is 25.0. The number of hydrogen-bond acceptors (Lipinski definition) is 3. The van der Waals surface area contributed by atoms with Crippen LogP contribution in [0, 0.1) is 5.92 Å². The molecule has 0 fully saturated rings. The molecule has 0 saturated carbocycles. The third-order valence-corrected chi connectivity index (χ3v) is 25.0. The molecule has 3 N–H and O–H groups in total. The predicted molar refractivity (Wildman–Crippen MR) is 324 cm³/mol. The van der Waals surface area contributed by atoms with Crippen molar-refractivity contribution in [3.05, 3.63) is 253 Å². The first-order valence-corrected chi connectivity index (χ1v) is 29.6. The summed E-state index contributed by atoms with van der Waals surface area (Å²) in [6, 6.07) is 14.8. The number of rotatable bonds is 0. The molecule has 81 heavy (non-hydrogen) atoms. The topological polar surface area (TPSA) is 60.7 Å². The summed E-state index contributed by atoms with van der Waals surface area (Å²) in [4.78, 5) is 0. The van der Waals surface area contributed by atoms with Gasteiger partial charge in [-0.25, -0.2) is 0 Å². The quantitative estimate of drug-likeness (QED) is 0.105. The molecule has 0 radical (unpaired) electrons. The molecule has 17 aliphatic rings. The van der Waals surface area contributed by atoms with Crippen LogP contribution in [0.15, 0.2) is 193 Å². The van der Waals surface area contributed by atoms with E-state index in [1.807, 2.05) is 0 Å². The Bertz CT molecular complexity index is 6530. The maximum Gasteiger partial charge on any atom is 0.127 e. The lowest BCUT2D eigenvalue weighted by Crippen LogP contribution is -2.52. The minimum absolute atomic E-state index is 0.000344. The van der Waals surface area contributed by atoms with Crippen molar-refractivity contribution in [2.45, 2.75) is 42.1 Å². The molecular formula is C78H32O3. The van der Waals surface area contributed by atoms with Gasteiger partial charge in [-0.15, -0.1) is 0 Å². The molecule has 3 nitrogen and oxygen atoms in total. The summed E-state index contributed by atoms with van der Waals surface area (Å²) in [5.74, 6) is 0.148. The summed E-state index contributed by atoms with van der Waals surface area (Å²) in [6.07, 6.45) is 32.7. The molecule has 0 amide bonds. The minimum Gasteiger partial charge on any atom is -0.507 e. The Morgan fingerprint density at radius 2 is 1.16 bits per heavy atom. The van der Waals surface area contributed by atoms with E-state index in [0.29, 0.717) is 11.3 Å². The fourth-order valence-electron chi connectivity index (χ4n) is 23.2. The molecule has 362 valence electrons. The van der Waals surface area contributed by atoms with Gasteiger partial charge in [-0.05, 0) is 271 Å². The molecule has 11 aromatic rings. The van der Waals surface area contributed by atoms with Gasteiger partial charge in [-0.1, -0.05) is 97.2 Å². The lowest BCUT2D eigenvalue weighted by atomic mass is 9.49. The number of aliphatic hydroxyl groups excluding tert-OH is 3. The SMILES string of the molecule is OC1=C2C=C3C4=c5c6c7c8c9c%10c%11c%12c%13c(cc%14cc%15cc%16cccc%17c%18c%19c%20c%21c%22c(c(c59)c5c%10c%13c%14c(c%15c%20c%16%17)c%215)C4C2=C2C=%22C%19C(=C4C=CC=C1C42)C=C%18)C=C1C=CC=C(C2=C%11C8C(=CC2)C2=CC=CC(=C(O)C=6C3O)C27)C1%12. The van der Waals surface area contributed by atoms with Gasteiger partial charge < -0.3 is 15.3 Å². The predicted octanol–water partition coefficient (Wildman–Crippen LogP) is 14.8. The fourth-order valence-corrected chi connectivity index (χ4v) is 23.2. The van der Waals surface area contributed by atoms with E-state index in [1.165, 1.54) is 230 Å². The highest BCUT2D eigenvalue weighted by Gasteiger charge is 2.59. The normalized spacial score (nSPS) is 28.4. The molecule has 0 bridgehead atoms. The van der Waals surface area contributed by atoms with E-state index in [2.05, 4.69) is 121 Å². The Morgan fingerprint density at radius 1 is 0.407 bits per heavy atom. The maximum atomic E-state index is 13.8. The molecule has 0 heterocycles. The van der Waals surface area contributed by atoms with E-state index in [9.17, 15) is 15.3 Å². The van der Waals surface area contributed by atoms with Crippen LogP contribution >= 0.6 is 0 Å². The van der Waals surface area contributed by atoms with Crippen molar-refractivity contribution >= 4 is 142 Å². The monoisotopic (exact) mass is 1020 g/mol. The van der Waals surface area contributed by atoms with Crippen molar-refractivity contribution < 1.29 is 15.3 Å². The highest BCUT2D eigenvalue weighted by atomic mass is 16.3. The van der Waals surface area contributed by atoms with Gasteiger partial charge in [0.25, 0.3) is 0 Å². The molecule has 0 aliphatic heterocycles. The van der Waals surface area contributed by atoms with E-state index in [4.69, 9.17) is 0 Å².